The number of anilines is 1. The number of carbonyl (C=O) groups is 1. The molecule has 1 N–H and O–H groups in total. The second kappa shape index (κ2) is 10.1. The van der Waals surface area contributed by atoms with Crippen LogP contribution in [0.5, 0.6) is 17.2 Å². The Morgan fingerprint density at radius 3 is 2.58 bits per heavy atom. The monoisotopic (exact) mass is 464 g/mol. The maximum absolute atomic E-state index is 13.5. The summed E-state index contributed by atoms with van der Waals surface area (Å²) >= 11 is 1.60. The third-order valence-electron chi connectivity index (χ3n) is 5.83. The van der Waals surface area contributed by atoms with E-state index in [2.05, 4.69) is 12.2 Å². The zero-order chi connectivity index (χ0) is 23.4. The van der Waals surface area contributed by atoms with Gasteiger partial charge in [0.05, 0.1) is 32.6 Å². The van der Waals surface area contributed by atoms with Gasteiger partial charge in [0.25, 0.3) is 5.91 Å². The summed E-state index contributed by atoms with van der Waals surface area (Å²) in [7, 11) is 4.80. The minimum Gasteiger partial charge on any atom is -0.495 e. The fraction of sp³-hybridized carbons (Fsp3) is 0.308. The molecule has 0 spiro atoms. The van der Waals surface area contributed by atoms with Crippen molar-refractivity contribution >= 4 is 34.1 Å². The number of amides is 1. The van der Waals surface area contributed by atoms with Crippen LogP contribution in [-0.4, -0.2) is 33.5 Å². The molecule has 1 aliphatic carbocycles. The predicted molar refractivity (Wildman–Crippen MR) is 133 cm³/mol. The summed E-state index contributed by atoms with van der Waals surface area (Å²) in [5.41, 5.74) is 3.17. The maximum atomic E-state index is 13.5. The largest absolute Gasteiger partial charge is 0.495 e. The molecule has 0 aliphatic heterocycles. The number of fused-ring (bicyclic) bond motifs is 1. The minimum absolute atomic E-state index is 0.170. The Hall–Kier alpha value is -3.32. The van der Waals surface area contributed by atoms with Gasteiger partial charge in [-0.1, -0.05) is 25.1 Å². The van der Waals surface area contributed by atoms with Crippen LogP contribution in [0, 0.1) is 5.92 Å². The number of nitrogens with zero attached hydrogens (tertiary/aromatic N) is 1. The molecule has 1 amide bonds. The van der Waals surface area contributed by atoms with E-state index in [1.54, 1.807) is 38.9 Å². The summed E-state index contributed by atoms with van der Waals surface area (Å²) in [6.45, 7) is 2.25. The quantitative estimate of drug-likeness (QED) is 0.442. The lowest BCUT2D eigenvalue weighted by molar-refractivity contribution is 0.102. The van der Waals surface area contributed by atoms with Crippen LogP contribution >= 0.6 is 11.3 Å². The lowest BCUT2D eigenvalue weighted by Gasteiger charge is -2.18. The van der Waals surface area contributed by atoms with E-state index >= 15 is 0 Å². The molecule has 0 bridgehead atoms. The Morgan fingerprint density at radius 2 is 1.82 bits per heavy atom. The minimum atomic E-state index is -0.170. The number of aliphatic imine (C=N–C) groups is 1. The van der Waals surface area contributed by atoms with Gasteiger partial charge in [-0.3, -0.25) is 4.79 Å². The molecule has 0 unspecified atom stereocenters. The molecule has 1 aromatic heterocycles. The summed E-state index contributed by atoms with van der Waals surface area (Å²) in [5, 5.41) is 3.73. The molecule has 172 valence electrons. The van der Waals surface area contributed by atoms with Crippen molar-refractivity contribution in [2.75, 3.05) is 26.6 Å². The molecule has 4 rings (SSSR count). The number of hydrogen-bond acceptors (Lipinski definition) is 6. The Balaban J connectivity index is 1.73. The van der Waals surface area contributed by atoms with Gasteiger partial charge < -0.3 is 19.5 Å². The summed E-state index contributed by atoms with van der Waals surface area (Å²) < 4.78 is 16.3. The van der Waals surface area contributed by atoms with Crippen LogP contribution in [0.15, 0.2) is 47.5 Å². The number of hydrogen-bond donors (Lipinski definition) is 1. The van der Waals surface area contributed by atoms with Crippen LogP contribution in [0.3, 0.4) is 0 Å². The molecule has 1 atom stereocenters. The van der Waals surface area contributed by atoms with Crippen LogP contribution in [0.25, 0.3) is 0 Å². The summed E-state index contributed by atoms with van der Waals surface area (Å²) in [6, 6.07) is 13.1. The molecule has 3 aromatic rings. The highest BCUT2D eigenvalue weighted by atomic mass is 32.1. The van der Waals surface area contributed by atoms with E-state index in [9.17, 15) is 4.79 Å². The number of ether oxygens (including phenoxy) is 3. The van der Waals surface area contributed by atoms with Gasteiger partial charge in [0, 0.05) is 16.7 Å². The molecular weight excluding hydrogens is 436 g/mol. The van der Waals surface area contributed by atoms with E-state index in [0.29, 0.717) is 39.4 Å². The summed E-state index contributed by atoms with van der Waals surface area (Å²) in [4.78, 5) is 19.5. The molecule has 0 fully saturated rings. The molecule has 2 aromatic carbocycles. The van der Waals surface area contributed by atoms with E-state index in [1.807, 2.05) is 42.5 Å². The Bertz CT molecular complexity index is 1190. The van der Waals surface area contributed by atoms with Crippen molar-refractivity contribution in [1.29, 1.82) is 0 Å². The van der Waals surface area contributed by atoms with Crippen molar-refractivity contribution < 1.29 is 19.0 Å². The van der Waals surface area contributed by atoms with E-state index in [4.69, 9.17) is 19.2 Å². The highest BCUT2D eigenvalue weighted by Gasteiger charge is 2.28. The van der Waals surface area contributed by atoms with Gasteiger partial charge in [0.1, 0.15) is 10.8 Å². The van der Waals surface area contributed by atoms with E-state index < -0.39 is 0 Å². The molecule has 0 radical (unpaired) electrons. The third kappa shape index (κ3) is 4.73. The summed E-state index contributed by atoms with van der Waals surface area (Å²) in [5.74, 6) is 2.29. The van der Waals surface area contributed by atoms with Crippen molar-refractivity contribution in [3.63, 3.8) is 0 Å². The molecule has 1 aliphatic rings. The smallest absolute Gasteiger partial charge is 0.259 e. The lowest BCUT2D eigenvalue weighted by atomic mass is 9.88. The molecule has 6 nitrogen and oxygen atoms in total. The first kappa shape index (κ1) is 22.9. The number of thiophene rings is 1. The van der Waals surface area contributed by atoms with E-state index in [0.717, 1.165) is 30.4 Å². The van der Waals surface area contributed by atoms with Gasteiger partial charge in [-0.15, -0.1) is 11.3 Å². The van der Waals surface area contributed by atoms with Crippen LogP contribution in [0.1, 0.15) is 39.7 Å². The maximum Gasteiger partial charge on any atom is 0.259 e. The number of benzene rings is 2. The normalized spacial score (nSPS) is 15.2. The first-order chi connectivity index (χ1) is 16.0. The molecule has 1 heterocycles. The fourth-order valence-electron chi connectivity index (χ4n) is 4.14. The van der Waals surface area contributed by atoms with Crippen molar-refractivity contribution in [3.8, 4) is 17.2 Å². The Morgan fingerprint density at radius 1 is 1.06 bits per heavy atom. The van der Waals surface area contributed by atoms with Gasteiger partial charge >= 0.3 is 0 Å². The molecule has 0 saturated carbocycles. The molecular formula is C26H28N2O4S. The Kier molecular flexibility index (Phi) is 6.99. The Labute approximate surface area is 198 Å². The van der Waals surface area contributed by atoms with Crippen molar-refractivity contribution in [2.45, 2.75) is 26.2 Å². The van der Waals surface area contributed by atoms with Crippen LogP contribution in [0.4, 0.5) is 10.7 Å². The number of carbonyl (C=O) groups excluding carboxylic acids is 1. The first-order valence-electron chi connectivity index (χ1n) is 10.9. The van der Waals surface area contributed by atoms with Crippen molar-refractivity contribution in [1.82, 2.24) is 0 Å². The zero-order valence-electron chi connectivity index (χ0n) is 19.3. The topological polar surface area (TPSA) is 69.2 Å². The van der Waals surface area contributed by atoms with Crippen molar-refractivity contribution in [3.05, 3.63) is 64.0 Å². The fourth-order valence-corrected chi connectivity index (χ4v) is 5.49. The first-order valence-corrected chi connectivity index (χ1v) is 11.7. The zero-order valence-corrected chi connectivity index (χ0v) is 20.1. The van der Waals surface area contributed by atoms with Crippen LogP contribution in [-0.2, 0) is 12.8 Å². The number of methoxy groups -OCH3 is 3. The second-order valence-corrected chi connectivity index (χ2v) is 9.11. The average molecular weight is 465 g/mol. The van der Waals surface area contributed by atoms with Crippen LogP contribution < -0.4 is 19.5 Å². The van der Waals surface area contributed by atoms with Gasteiger partial charge in [-0.2, -0.15) is 0 Å². The summed E-state index contributed by atoms with van der Waals surface area (Å²) in [6.07, 6.45) is 4.64. The molecule has 7 heteroatoms. The standard InChI is InChI=1S/C26H28N2O4S/c1-16-12-13-18-22(14-16)33-26(27-15-17-8-7-11-21(31-3)24(17)32-4)23(18)25(29)28-19-9-5-6-10-20(19)30-2/h5-11,15-16H,12-14H2,1-4H3,(H,28,29)/t16-/m0/s1. The number of rotatable bonds is 7. The van der Waals surface area contributed by atoms with Gasteiger partial charge in [0.15, 0.2) is 11.5 Å². The second-order valence-electron chi connectivity index (χ2n) is 8.03. The van der Waals surface area contributed by atoms with Crippen LogP contribution in [0.2, 0.25) is 0 Å². The van der Waals surface area contributed by atoms with Crippen molar-refractivity contribution in [2.24, 2.45) is 10.9 Å². The molecule has 0 saturated heterocycles. The van der Waals surface area contributed by atoms with Gasteiger partial charge in [-0.25, -0.2) is 4.99 Å². The molecule has 33 heavy (non-hydrogen) atoms. The predicted octanol–water partition coefficient (Wildman–Crippen LogP) is 5.90. The lowest BCUT2D eigenvalue weighted by Crippen LogP contribution is -2.17. The van der Waals surface area contributed by atoms with E-state index in [-0.39, 0.29) is 5.91 Å². The SMILES string of the molecule is COc1ccccc1NC(=O)c1c(N=Cc2cccc(OC)c2OC)sc2c1CC[C@H](C)C2. The number of para-hydroxylation sites is 3. The third-order valence-corrected chi connectivity index (χ3v) is 6.99. The average Bonchev–Trinajstić information content (AvgIpc) is 3.20. The van der Waals surface area contributed by atoms with E-state index in [1.165, 1.54) is 4.88 Å². The van der Waals surface area contributed by atoms with Gasteiger partial charge in [-0.05, 0) is 55.0 Å². The van der Waals surface area contributed by atoms with Gasteiger partial charge in [0.2, 0.25) is 0 Å². The highest BCUT2D eigenvalue weighted by molar-refractivity contribution is 7.16. The highest BCUT2D eigenvalue weighted by Crippen LogP contribution is 2.42. The number of nitrogens with one attached hydrogen (secondary N) is 1.